The monoisotopic (exact) mass is 418 g/mol. The summed E-state index contributed by atoms with van der Waals surface area (Å²) in [7, 11) is 1.84. The van der Waals surface area contributed by atoms with Gasteiger partial charge in [-0.2, -0.15) is 0 Å². The van der Waals surface area contributed by atoms with Gasteiger partial charge in [-0.3, -0.25) is 0 Å². The molecular formula is C21H24ClFN4O2. The van der Waals surface area contributed by atoms with Crippen LogP contribution in [0.15, 0.2) is 36.4 Å². The zero-order valence-electron chi connectivity index (χ0n) is 17.1. The maximum absolute atomic E-state index is 14.0. The van der Waals surface area contributed by atoms with E-state index in [0.717, 1.165) is 5.82 Å². The van der Waals surface area contributed by atoms with Crippen LogP contribution in [0.1, 0.15) is 39.1 Å². The van der Waals surface area contributed by atoms with E-state index in [0.29, 0.717) is 29.2 Å². The molecule has 1 heterocycles. The largest absolute Gasteiger partial charge is 0.314 e. The van der Waals surface area contributed by atoms with Crippen molar-refractivity contribution in [1.29, 1.82) is 0 Å². The molecule has 3 aromatic rings. The lowest BCUT2D eigenvalue weighted by atomic mass is 9.87. The summed E-state index contributed by atoms with van der Waals surface area (Å²) < 4.78 is 15.9. The summed E-state index contributed by atoms with van der Waals surface area (Å²) in [6.45, 7) is 8.38. The molecule has 154 valence electrons. The lowest BCUT2D eigenvalue weighted by molar-refractivity contribution is -0.178. The van der Waals surface area contributed by atoms with E-state index in [1.807, 2.05) is 42.8 Å². The molecular weight excluding hydrogens is 395 g/mol. The molecule has 0 aliphatic rings. The van der Waals surface area contributed by atoms with Gasteiger partial charge in [-0.05, 0) is 29.2 Å². The Kier molecular flexibility index (Phi) is 6.10. The van der Waals surface area contributed by atoms with E-state index in [4.69, 9.17) is 21.5 Å². The summed E-state index contributed by atoms with van der Waals surface area (Å²) in [6, 6.07) is 10.3. The molecule has 0 saturated carbocycles. The predicted molar refractivity (Wildman–Crippen MR) is 111 cm³/mol. The maximum atomic E-state index is 14.0. The second-order valence-electron chi connectivity index (χ2n) is 7.71. The minimum absolute atomic E-state index is 0.0229. The molecule has 0 aliphatic heterocycles. The van der Waals surface area contributed by atoms with Crippen molar-refractivity contribution in [3.63, 3.8) is 0 Å². The Hall–Kier alpha value is -2.64. The highest BCUT2D eigenvalue weighted by molar-refractivity contribution is 6.31. The number of aromatic nitrogens is 3. The van der Waals surface area contributed by atoms with Gasteiger partial charge in [-0.1, -0.05) is 56.4 Å². The number of hydrogen-bond acceptors (Lipinski definition) is 5. The molecule has 6 nitrogen and oxygen atoms in total. The minimum atomic E-state index is -0.589. The Balaban J connectivity index is 1.78. The van der Waals surface area contributed by atoms with Gasteiger partial charge < -0.3 is 9.45 Å². The molecule has 0 fully saturated rings. The van der Waals surface area contributed by atoms with E-state index >= 15 is 0 Å². The maximum Gasteiger partial charge on any atom is 0.168 e. The molecule has 0 aliphatic carbocycles. The number of hydrogen-bond donors (Lipinski definition) is 1. The number of benzene rings is 2. The standard InChI is InChI=1S/C21H24ClFN4O2/c1-6-19-24-25-20(27(19)5)15-11-16(22)17(23)12-18(15)26-29-28-14-9-7-13(8-10-14)21(2,3)4/h7-12,26H,6H2,1-5H3. The molecule has 0 amide bonds. The van der Waals surface area contributed by atoms with Crippen LogP contribution in [0.4, 0.5) is 10.1 Å². The smallest absolute Gasteiger partial charge is 0.168 e. The Morgan fingerprint density at radius 1 is 1.14 bits per heavy atom. The van der Waals surface area contributed by atoms with E-state index in [1.54, 1.807) is 0 Å². The number of aryl methyl sites for hydroxylation is 1. The Morgan fingerprint density at radius 2 is 1.83 bits per heavy atom. The zero-order chi connectivity index (χ0) is 21.2. The van der Waals surface area contributed by atoms with Gasteiger partial charge in [-0.25, -0.2) is 9.87 Å². The summed E-state index contributed by atoms with van der Waals surface area (Å²) in [4.78, 5) is 10.4. The van der Waals surface area contributed by atoms with Gasteiger partial charge >= 0.3 is 0 Å². The average Bonchev–Trinajstić information content (AvgIpc) is 3.04. The SMILES string of the molecule is CCc1nnc(-c2cc(Cl)c(F)cc2NOOc2ccc(C(C)(C)C)cc2)n1C. The molecule has 8 heteroatoms. The molecule has 0 saturated heterocycles. The summed E-state index contributed by atoms with van der Waals surface area (Å²) in [5, 5.41) is 8.30. The van der Waals surface area contributed by atoms with E-state index in [-0.39, 0.29) is 10.4 Å². The first-order valence-corrected chi connectivity index (χ1v) is 9.66. The molecule has 0 unspecified atom stereocenters. The molecule has 3 rings (SSSR count). The molecule has 1 N–H and O–H groups in total. The topological polar surface area (TPSA) is 61.2 Å². The lowest BCUT2D eigenvalue weighted by Gasteiger charge is -2.19. The highest BCUT2D eigenvalue weighted by atomic mass is 35.5. The fourth-order valence-electron chi connectivity index (χ4n) is 2.84. The van der Waals surface area contributed by atoms with Crippen molar-refractivity contribution >= 4 is 17.3 Å². The van der Waals surface area contributed by atoms with Crippen molar-refractivity contribution in [2.45, 2.75) is 39.5 Å². The molecule has 1 aromatic heterocycles. The van der Waals surface area contributed by atoms with Gasteiger partial charge in [0.2, 0.25) is 0 Å². The van der Waals surface area contributed by atoms with Crippen molar-refractivity contribution in [2.24, 2.45) is 7.05 Å². The summed E-state index contributed by atoms with van der Waals surface area (Å²) in [5.41, 5.74) is 4.70. The molecule has 0 radical (unpaired) electrons. The highest BCUT2D eigenvalue weighted by Crippen LogP contribution is 2.32. The highest BCUT2D eigenvalue weighted by Gasteiger charge is 2.17. The second-order valence-corrected chi connectivity index (χ2v) is 8.11. The van der Waals surface area contributed by atoms with Crippen LogP contribution in [0.3, 0.4) is 0 Å². The van der Waals surface area contributed by atoms with Crippen LogP contribution in [-0.2, 0) is 23.9 Å². The van der Waals surface area contributed by atoms with Crippen LogP contribution in [0, 0.1) is 5.82 Å². The lowest BCUT2D eigenvalue weighted by Crippen LogP contribution is -2.11. The quantitative estimate of drug-likeness (QED) is 0.424. The third-order valence-corrected chi connectivity index (χ3v) is 4.88. The van der Waals surface area contributed by atoms with Crippen LogP contribution in [0.25, 0.3) is 11.4 Å². The van der Waals surface area contributed by atoms with Gasteiger partial charge in [0.25, 0.3) is 0 Å². The van der Waals surface area contributed by atoms with Crippen LogP contribution >= 0.6 is 11.6 Å². The normalized spacial score (nSPS) is 11.6. The minimum Gasteiger partial charge on any atom is -0.314 e. The molecule has 0 bridgehead atoms. The molecule has 0 atom stereocenters. The summed E-state index contributed by atoms with van der Waals surface area (Å²) in [6.07, 6.45) is 0.714. The van der Waals surface area contributed by atoms with Gasteiger partial charge in [0, 0.05) is 25.1 Å². The van der Waals surface area contributed by atoms with Crippen molar-refractivity contribution in [2.75, 3.05) is 5.48 Å². The summed E-state index contributed by atoms with van der Waals surface area (Å²) in [5.74, 6) is 1.24. The summed E-state index contributed by atoms with van der Waals surface area (Å²) >= 11 is 5.98. The third kappa shape index (κ3) is 4.68. The van der Waals surface area contributed by atoms with Gasteiger partial charge in [-0.15, -0.1) is 10.2 Å². The molecule has 2 aromatic carbocycles. The van der Waals surface area contributed by atoms with E-state index in [9.17, 15) is 4.39 Å². The van der Waals surface area contributed by atoms with E-state index < -0.39 is 5.82 Å². The fourth-order valence-corrected chi connectivity index (χ4v) is 3.01. The van der Waals surface area contributed by atoms with Crippen LogP contribution in [0.2, 0.25) is 5.02 Å². The number of nitrogens with one attached hydrogen (secondary N) is 1. The second kappa shape index (κ2) is 8.39. The van der Waals surface area contributed by atoms with Crippen molar-refractivity contribution in [3.05, 3.63) is 58.6 Å². The predicted octanol–water partition coefficient (Wildman–Crippen LogP) is 5.47. The molecule has 29 heavy (non-hydrogen) atoms. The van der Waals surface area contributed by atoms with Gasteiger partial charge in [0.15, 0.2) is 11.6 Å². The Labute approximate surface area is 174 Å². The van der Waals surface area contributed by atoms with Crippen molar-refractivity contribution < 1.29 is 14.3 Å². The van der Waals surface area contributed by atoms with Crippen LogP contribution in [0.5, 0.6) is 5.75 Å². The van der Waals surface area contributed by atoms with E-state index in [2.05, 4.69) is 36.4 Å². The average molecular weight is 419 g/mol. The first-order chi connectivity index (χ1) is 13.7. The Bertz CT molecular complexity index is 997. The van der Waals surface area contributed by atoms with Gasteiger partial charge in [0.1, 0.15) is 11.6 Å². The van der Waals surface area contributed by atoms with E-state index in [1.165, 1.54) is 17.7 Å². The van der Waals surface area contributed by atoms with Crippen molar-refractivity contribution in [3.8, 4) is 17.1 Å². The number of halogens is 2. The van der Waals surface area contributed by atoms with Crippen LogP contribution in [-0.4, -0.2) is 14.8 Å². The number of rotatable bonds is 6. The zero-order valence-corrected chi connectivity index (χ0v) is 17.8. The van der Waals surface area contributed by atoms with Crippen LogP contribution < -0.4 is 10.4 Å². The first-order valence-electron chi connectivity index (χ1n) is 9.28. The number of nitrogens with zero attached hydrogens (tertiary/aromatic N) is 3. The first kappa shape index (κ1) is 21.1. The Morgan fingerprint density at radius 3 is 2.41 bits per heavy atom. The number of anilines is 1. The van der Waals surface area contributed by atoms with Gasteiger partial charge in [0.05, 0.1) is 10.7 Å². The molecule has 0 spiro atoms. The third-order valence-electron chi connectivity index (χ3n) is 4.59. The fraction of sp³-hybridized carbons (Fsp3) is 0.333. The van der Waals surface area contributed by atoms with Crippen molar-refractivity contribution in [1.82, 2.24) is 14.8 Å².